The van der Waals surface area contributed by atoms with Crippen LogP contribution in [0.5, 0.6) is 0 Å². The molecule has 2 N–H and O–H groups in total. The molecule has 7 nitrogen and oxygen atoms in total. The molecule has 1 aliphatic rings. The van der Waals surface area contributed by atoms with E-state index in [0.29, 0.717) is 19.5 Å². The number of amides is 2. The molecule has 23 heavy (non-hydrogen) atoms. The number of carbonyl (C=O) groups excluding carboxylic acids is 3. The van der Waals surface area contributed by atoms with Gasteiger partial charge in [-0.25, -0.2) is 0 Å². The molecule has 1 rings (SSSR count). The van der Waals surface area contributed by atoms with Crippen LogP contribution in [0.1, 0.15) is 32.6 Å². The van der Waals surface area contributed by atoms with Gasteiger partial charge in [0.2, 0.25) is 11.8 Å². The van der Waals surface area contributed by atoms with Crippen LogP contribution >= 0.6 is 0 Å². The normalized spacial score (nSPS) is 18.2. The molecule has 1 aliphatic heterocycles. The maximum Gasteiger partial charge on any atom is 0.237 e. The first-order valence-corrected chi connectivity index (χ1v) is 8.32. The second-order valence-corrected chi connectivity index (χ2v) is 6.34. The molecule has 0 aromatic carbocycles. The number of likely N-dealkylation sites (N-methyl/N-ethyl adjacent to an activating group) is 1. The number of hydrogen-bond donors (Lipinski definition) is 2. The summed E-state index contributed by atoms with van der Waals surface area (Å²) in [5.74, 6) is -0.0714. The molecule has 132 valence electrons. The van der Waals surface area contributed by atoms with Crippen molar-refractivity contribution in [3.05, 3.63) is 0 Å². The molecule has 2 amide bonds. The van der Waals surface area contributed by atoms with E-state index in [1.165, 1.54) is 6.92 Å². The summed E-state index contributed by atoms with van der Waals surface area (Å²) in [7, 11) is 4.05. The molecule has 0 saturated carbocycles. The van der Waals surface area contributed by atoms with Gasteiger partial charge in [0.05, 0.1) is 6.04 Å². The van der Waals surface area contributed by atoms with Gasteiger partial charge in [-0.15, -0.1) is 0 Å². The number of carbonyl (C=O) groups is 3. The number of likely N-dealkylation sites (tertiary alicyclic amines) is 1. The van der Waals surface area contributed by atoms with Crippen molar-refractivity contribution in [2.75, 3.05) is 46.8 Å². The number of ketones is 1. The molecule has 1 unspecified atom stereocenters. The lowest BCUT2D eigenvalue weighted by atomic mass is 10.3. The van der Waals surface area contributed by atoms with E-state index < -0.39 is 0 Å². The molecule has 0 aromatic rings. The Kier molecular flexibility index (Phi) is 8.79. The molecular formula is C16H30N4O3. The molecule has 0 bridgehead atoms. The summed E-state index contributed by atoms with van der Waals surface area (Å²) < 4.78 is 0. The second kappa shape index (κ2) is 10.3. The third kappa shape index (κ3) is 8.08. The zero-order valence-corrected chi connectivity index (χ0v) is 14.6. The predicted octanol–water partition coefficient (Wildman–Crippen LogP) is -0.386. The topological polar surface area (TPSA) is 81.8 Å². The Labute approximate surface area is 138 Å². The summed E-state index contributed by atoms with van der Waals surface area (Å²) in [5, 5.41) is 5.52. The molecule has 0 aliphatic carbocycles. The number of hydrogen-bond acceptors (Lipinski definition) is 5. The molecule has 0 spiro atoms. The summed E-state index contributed by atoms with van der Waals surface area (Å²) in [4.78, 5) is 38.9. The zero-order chi connectivity index (χ0) is 17.2. The van der Waals surface area contributed by atoms with Crippen LogP contribution in [0, 0.1) is 0 Å². The first-order chi connectivity index (χ1) is 10.9. The van der Waals surface area contributed by atoms with Crippen molar-refractivity contribution in [3.63, 3.8) is 0 Å². The molecular weight excluding hydrogens is 305 g/mol. The lowest BCUT2D eigenvalue weighted by molar-refractivity contribution is -0.125. The van der Waals surface area contributed by atoms with Crippen LogP contribution in [0.2, 0.25) is 0 Å². The van der Waals surface area contributed by atoms with Crippen molar-refractivity contribution in [2.45, 2.75) is 38.6 Å². The van der Waals surface area contributed by atoms with Crippen LogP contribution in [-0.2, 0) is 14.4 Å². The van der Waals surface area contributed by atoms with Crippen molar-refractivity contribution >= 4 is 17.6 Å². The van der Waals surface area contributed by atoms with E-state index in [2.05, 4.69) is 20.4 Å². The fourth-order valence-electron chi connectivity index (χ4n) is 2.60. The molecule has 0 aromatic heterocycles. The lowest BCUT2D eigenvalue weighted by Gasteiger charge is -2.25. The van der Waals surface area contributed by atoms with Crippen LogP contribution in [0.4, 0.5) is 0 Å². The minimum atomic E-state index is -0.137. The summed E-state index contributed by atoms with van der Waals surface area (Å²) in [6, 6.07) is -0.0734. The minimum absolute atomic E-state index is 0.0118. The predicted molar refractivity (Wildman–Crippen MR) is 89.1 cm³/mol. The van der Waals surface area contributed by atoms with E-state index in [1.807, 2.05) is 14.1 Å². The quantitative estimate of drug-likeness (QED) is 0.420. The maximum absolute atomic E-state index is 12.2. The van der Waals surface area contributed by atoms with E-state index >= 15 is 0 Å². The van der Waals surface area contributed by atoms with Crippen molar-refractivity contribution in [1.29, 1.82) is 0 Å². The third-order valence-electron chi connectivity index (χ3n) is 3.95. The smallest absolute Gasteiger partial charge is 0.237 e. The van der Waals surface area contributed by atoms with Gasteiger partial charge in [-0.1, -0.05) is 0 Å². The Balaban J connectivity index is 2.22. The van der Waals surface area contributed by atoms with Crippen LogP contribution < -0.4 is 10.6 Å². The standard InChI is InChI=1S/C16H30N4O3/c1-13(21)6-8-17-15(22)7-9-18-16(23)14-5-4-10-20(14)12-11-19(2)3/h14H,4-12H2,1-3H3,(H,17,22)(H,18,23)/i4+1,5+1,10+1,11+1,12+1,14+1,16+1,18+1,20+1. The minimum Gasteiger partial charge on any atom is -0.356 e. The highest BCUT2D eigenvalue weighted by Gasteiger charge is 2.30. The van der Waals surface area contributed by atoms with Crippen LogP contribution in [-0.4, -0.2) is 80.3 Å². The summed E-state index contributed by atoms with van der Waals surface area (Å²) in [6.45, 7) is 4.97. The van der Waals surface area contributed by atoms with Gasteiger partial charge in [0.1, 0.15) is 5.78 Å². The largest absolute Gasteiger partial charge is 0.356 e. The average molecular weight is 335 g/mol. The van der Waals surface area contributed by atoms with E-state index in [9.17, 15) is 14.4 Å². The van der Waals surface area contributed by atoms with Gasteiger partial charge in [-0.05, 0) is 40.4 Å². The lowest BCUT2D eigenvalue weighted by Crippen LogP contribution is -2.46. The van der Waals surface area contributed by atoms with Gasteiger partial charge >= 0.3 is 0 Å². The average Bonchev–Trinajstić information content (AvgIpc) is 2.93. The molecule has 1 fully saturated rings. The highest BCUT2D eigenvalue weighted by Crippen LogP contribution is 2.16. The SMILES string of the molecule is CC(=O)CCNC(=O)CC[15NH][13C](=O)[13CH]1[13CH2][13CH2][13CH2][15N]1[13CH2][13CH2]N(C)C. The molecule has 0 radical (unpaired) electrons. The number of nitrogens with one attached hydrogen (secondary N) is 2. The summed E-state index contributed by atoms with van der Waals surface area (Å²) >= 11 is 0. The van der Waals surface area contributed by atoms with E-state index in [4.69, 9.17) is 0 Å². The Morgan fingerprint density at radius 3 is 2.48 bits per heavy atom. The Morgan fingerprint density at radius 2 is 1.83 bits per heavy atom. The van der Waals surface area contributed by atoms with Gasteiger partial charge in [0, 0.05) is 39.0 Å². The molecule has 1 heterocycles. The molecule has 7 heteroatoms. The number of Topliss-reactive ketones (excluding diaryl/α,β-unsaturated/α-hetero) is 1. The highest BCUT2D eigenvalue weighted by atomic mass is 16.3. The third-order valence-corrected chi connectivity index (χ3v) is 3.95. The van der Waals surface area contributed by atoms with Gasteiger partial charge in [0.25, 0.3) is 0 Å². The fourth-order valence-corrected chi connectivity index (χ4v) is 2.60. The monoisotopic (exact) mass is 335 g/mol. The number of nitrogens with zero attached hydrogens (tertiary/aromatic N) is 2. The second-order valence-electron chi connectivity index (χ2n) is 6.34. The van der Waals surface area contributed by atoms with E-state index in [-0.39, 0.29) is 30.1 Å². The van der Waals surface area contributed by atoms with Crippen LogP contribution in [0.3, 0.4) is 0 Å². The summed E-state index contributed by atoms with van der Waals surface area (Å²) in [6.07, 6.45) is 2.51. The van der Waals surface area contributed by atoms with E-state index in [1.54, 1.807) is 0 Å². The Morgan fingerprint density at radius 1 is 1.13 bits per heavy atom. The zero-order valence-electron chi connectivity index (χ0n) is 14.6. The van der Waals surface area contributed by atoms with Gasteiger partial charge < -0.3 is 15.5 Å². The first kappa shape index (κ1) is 19.6. The summed E-state index contributed by atoms with van der Waals surface area (Å²) in [5.41, 5.74) is 0. The van der Waals surface area contributed by atoms with Gasteiger partial charge in [0.15, 0.2) is 0 Å². The molecule has 1 atom stereocenters. The number of rotatable bonds is 10. The van der Waals surface area contributed by atoms with Gasteiger partial charge in [-0.3, -0.25) is 19.3 Å². The Hall–Kier alpha value is -1.47. The fraction of sp³-hybridized carbons (Fsp3) is 0.812. The Bertz CT molecular complexity index is 412. The van der Waals surface area contributed by atoms with Crippen molar-refractivity contribution < 1.29 is 14.4 Å². The van der Waals surface area contributed by atoms with Gasteiger partial charge in [-0.2, -0.15) is 0 Å². The first-order valence-electron chi connectivity index (χ1n) is 8.32. The maximum atomic E-state index is 12.2. The van der Waals surface area contributed by atoms with Crippen LogP contribution in [0.25, 0.3) is 0 Å². The van der Waals surface area contributed by atoms with Crippen molar-refractivity contribution in [1.82, 2.24) is 20.4 Å². The molecule has 1 saturated heterocycles. The van der Waals surface area contributed by atoms with E-state index in [0.717, 1.165) is 32.5 Å². The van der Waals surface area contributed by atoms with Crippen LogP contribution in [0.15, 0.2) is 0 Å². The van der Waals surface area contributed by atoms with Crippen molar-refractivity contribution in [3.8, 4) is 0 Å². The van der Waals surface area contributed by atoms with Crippen molar-refractivity contribution in [2.24, 2.45) is 0 Å². The highest BCUT2D eigenvalue weighted by molar-refractivity contribution is 5.83.